The van der Waals surface area contributed by atoms with Gasteiger partial charge < -0.3 is 14.2 Å². The predicted octanol–water partition coefficient (Wildman–Crippen LogP) is 6.25. The van der Waals surface area contributed by atoms with Gasteiger partial charge in [0.2, 0.25) is 5.75 Å². The molecule has 0 radical (unpaired) electrons. The molecule has 190 valence electrons. The molecule has 5 heteroatoms. The van der Waals surface area contributed by atoms with Gasteiger partial charge in [0.25, 0.3) is 0 Å². The third-order valence-electron chi connectivity index (χ3n) is 6.42. The van der Waals surface area contributed by atoms with Crippen LogP contribution in [0.2, 0.25) is 0 Å². The van der Waals surface area contributed by atoms with E-state index in [9.17, 15) is 0 Å². The van der Waals surface area contributed by atoms with E-state index in [0.29, 0.717) is 17.2 Å². The van der Waals surface area contributed by atoms with E-state index in [-0.39, 0.29) is 0 Å². The summed E-state index contributed by atoms with van der Waals surface area (Å²) in [6, 6.07) is 4.11. The number of nitrogens with zero attached hydrogens (tertiary/aromatic N) is 2. The van der Waals surface area contributed by atoms with E-state index in [1.807, 2.05) is 0 Å². The van der Waals surface area contributed by atoms with Gasteiger partial charge in [0.05, 0.1) is 21.3 Å². The Morgan fingerprint density at radius 3 is 1.79 bits per heavy atom. The van der Waals surface area contributed by atoms with Crippen LogP contribution < -0.4 is 14.2 Å². The second kappa shape index (κ2) is 14.9. The first kappa shape index (κ1) is 28.0. The second-order valence-electron chi connectivity index (χ2n) is 9.57. The van der Waals surface area contributed by atoms with E-state index in [1.165, 1.54) is 28.7 Å². The first-order valence-corrected chi connectivity index (χ1v) is 12.5. The lowest BCUT2D eigenvalue weighted by atomic mass is 10.1. The Labute approximate surface area is 208 Å². The first-order valence-electron chi connectivity index (χ1n) is 12.5. The molecule has 1 fully saturated rings. The molecule has 1 aliphatic heterocycles. The number of hydrogen-bond donors (Lipinski definition) is 0. The molecule has 0 spiro atoms. The Morgan fingerprint density at radius 1 is 0.735 bits per heavy atom. The van der Waals surface area contributed by atoms with E-state index in [0.717, 1.165) is 58.5 Å². The maximum absolute atomic E-state index is 5.50. The van der Waals surface area contributed by atoms with Crippen molar-refractivity contribution in [1.29, 1.82) is 0 Å². The van der Waals surface area contributed by atoms with Gasteiger partial charge in [0, 0.05) is 39.3 Å². The van der Waals surface area contributed by atoms with Crippen molar-refractivity contribution in [3.8, 4) is 17.2 Å². The number of piperazine rings is 1. The van der Waals surface area contributed by atoms with Gasteiger partial charge in [-0.3, -0.25) is 9.80 Å². The number of rotatable bonds is 13. The topological polar surface area (TPSA) is 34.2 Å². The van der Waals surface area contributed by atoms with Crippen LogP contribution in [-0.4, -0.2) is 63.9 Å². The molecule has 0 unspecified atom stereocenters. The quantitative estimate of drug-likeness (QED) is 0.318. The van der Waals surface area contributed by atoms with Crippen LogP contribution in [0.1, 0.15) is 58.9 Å². The van der Waals surface area contributed by atoms with Crippen molar-refractivity contribution < 1.29 is 14.2 Å². The fraction of sp³-hybridized carbons (Fsp3) is 0.586. The van der Waals surface area contributed by atoms with Gasteiger partial charge in [-0.25, -0.2) is 0 Å². The first-order chi connectivity index (χ1) is 16.4. The molecule has 1 aromatic carbocycles. The molecular formula is C29H46N2O3. The Bertz CT molecular complexity index is 820. The SMILES string of the molecule is COc1cc(CN2CCN(C/C=C(\C)CC/C=C(\C)CCC=C(C)C)CC2)cc(OC)c1OC. The zero-order valence-corrected chi connectivity index (χ0v) is 22.6. The minimum atomic E-state index is 0.648. The van der Waals surface area contributed by atoms with Crippen molar-refractivity contribution in [1.82, 2.24) is 9.80 Å². The largest absolute Gasteiger partial charge is 0.493 e. The Hall–Kier alpha value is -2.24. The lowest BCUT2D eigenvalue weighted by Crippen LogP contribution is -2.45. The molecule has 0 saturated carbocycles. The highest BCUT2D eigenvalue weighted by molar-refractivity contribution is 5.53. The molecule has 5 nitrogen and oxygen atoms in total. The fourth-order valence-corrected chi connectivity index (χ4v) is 4.24. The van der Waals surface area contributed by atoms with E-state index < -0.39 is 0 Å². The molecule has 2 rings (SSSR count). The van der Waals surface area contributed by atoms with E-state index in [1.54, 1.807) is 21.3 Å². The average molecular weight is 471 g/mol. The molecule has 1 aromatic rings. The van der Waals surface area contributed by atoms with Crippen molar-refractivity contribution in [2.24, 2.45) is 0 Å². The van der Waals surface area contributed by atoms with Gasteiger partial charge in [-0.2, -0.15) is 0 Å². The third-order valence-corrected chi connectivity index (χ3v) is 6.42. The molecule has 0 aromatic heterocycles. The lowest BCUT2D eigenvalue weighted by Gasteiger charge is -2.34. The van der Waals surface area contributed by atoms with Crippen LogP contribution in [0.15, 0.2) is 47.1 Å². The highest BCUT2D eigenvalue weighted by Gasteiger charge is 2.19. The van der Waals surface area contributed by atoms with E-state index in [4.69, 9.17) is 14.2 Å². The normalized spacial score (nSPS) is 15.9. The summed E-state index contributed by atoms with van der Waals surface area (Å²) < 4.78 is 16.4. The van der Waals surface area contributed by atoms with Crippen molar-refractivity contribution in [3.63, 3.8) is 0 Å². The standard InChI is InChI=1S/C29H46N2O3/c1-23(2)10-8-11-24(3)12-9-13-25(4)14-15-30-16-18-31(19-17-30)22-26-20-27(32-5)29(34-7)28(21-26)33-6/h10,12,14,20-21H,8-9,11,13,15-19,22H2,1-7H3/b24-12+,25-14+. The van der Waals surface area contributed by atoms with Gasteiger partial charge in [0.15, 0.2) is 11.5 Å². The van der Waals surface area contributed by atoms with E-state index >= 15 is 0 Å². The molecule has 0 atom stereocenters. The predicted molar refractivity (Wildman–Crippen MR) is 143 cm³/mol. The Morgan fingerprint density at radius 2 is 1.26 bits per heavy atom. The lowest BCUT2D eigenvalue weighted by molar-refractivity contribution is 0.136. The number of benzene rings is 1. The van der Waals surface area contributed by atoms with Gasteiger partial charge >= 0.3 is 0 Å². The molecule has 1 saturated heterocycles. The van der Waals surface area contributed by atoms with Crippen molar-refractivity contribution >= 4 is 0 Å². The van der Waals surface area contributed by atoms with Gasteiger partial charge in [-0.1, -0.05) is 34.9 Å². The van der Waals surface area contributed by atoms with Crippen LogP contribution in [0.5, 0.6) is 17.2 Å². The van der Waals surface area contributed by atoms with Gasteiger partial charge in [0.1, 0.15) is 0 Å². The molecule has 0 aliphatic carbocycles. The summed E-state index contributed by atoms with van der Waals surface area (Å²) in [6.07, 6.45) is 11.8. The summed E-state index contributed by atoms with van der Waals surface area (Å²) in [5, 5.41) is 0. The highest BCUT2D eigenvalue weighted by atomic mass is 16.5. The molecule has 0 N–H and O–H groups in total. The summed E-state index contributed by atoms with van der Waals surface area (Å²) in [5.74, 6) is 2.08. The molecular weight excluding hydrogens is 424 g/mol. The Balaban J connectivity index is 1.76. The molecule has 34 heavy (non-hydrogen) atoms. The molecule has 1 heterocycles. The van der Waals surface area contributed by atoms with Crippen LogP contribution in [0.3, 0.4) is 0 Å². The zero-order valence-electron chi connectivity index (χ0n) is 22.6. The monoisotopic (exact) mass is 470 g/mol. The maximum Gasteiger partial charge on any atom is 0.203 e. The van der Waals surface area contributed by atoms with Crippen molar-refractivity contribution in [2.45, 2.75) is 59.9 Å². The number of methoxy groups -OCH3 is 3. The van der Waals surface area contributed by atoms with Crippen LogP contribution in [0, 0.1) is 0 Å². The molecule has 0 bridgehead atoms. The zero-order chi connectivity index (χ0) is 24.9. The van der Waals surface area contributed by atoms with Crippen molar-refractivity contribution in [3.05, 3.63) is 52.6 Å². The summed E-state index contributed by atoms with van der Waals surface area (Å²) in [4.78, 5) is 5.05. The van der Waals surface area contributed by atoms with Gasteiger partial charge in [-0.05, 0) is 71.1 Å². The summed E-state index contributed by atoms with van der Waals surface area (Å²) in [5.41, 5.74) is 5.60. The Kier molecular flexibility index (Phi) is 12.3. The summed E-state index contributed by atoms with van der Waals surface area (Å²) >= 11 is 0. The smallest absolute Gasteiger partial charge is 0.203 e. The molecule has 0 amide bonds. The van der Waals surface area contributed by atoms with Gasteiger partial charge in [-0.15, -0.1) is 0 Å². The van der Waals surface area contributed by atoms with Crippen LogP contribution >= 0.6 is 0 Å². The van der Waals surface area contributed by atoms with Crippen LogP contribution in [0.4, 0.5) is 0 Å². The van der Waals surface area contributed by atoms with Crippen LogP contribution in [0.25, 0.3) is 0 Å². The fourth-order valence-electron chi connectivity index (χ4n) is 4.24. The average Bonchev–Trinajstić information content (AvgIpc) is 2.82. The maximum atomic E-state index is 5.50. The number of ether oxygens (including phenoxy) is 3. The highest BCUT2D eigenvalue weighted by Crippen LogP contribution is 2.38. The summed E-state index contributed by atoms with van der Waals surface area (Å²) in [6.45, 7) is 15.1. The van der Waals surface area contributed by atoms with E-state index in [2.05, 4.69) is 67.9 Å². The van der Waals surface area contributed by atoms with Crippen LogP contribution in [-0.2, 0) is 6.54 Å². The number of hydrogen-bond acceptors (Lipinski definition) is 5. The van der Waals surface area contributed by atoms with Crippen molar-refractivity contribution in [2.75, 3.05) is 54.1 Å². The minimum absolute atomic E-state index is 0.648. The molecule has 1 aliphatic rings. The third kappa shape index (κ3) is 9.55. The minimum Gasteiger partial charge on any atom is -0.493 e. The summed E-state index contributed by atoms with van der Waals surface area (Å²) in [7, 11) is 4.97. The number of allylic oxidation sites excluding steroid dienone is 5. The second-order valence-corrected chi connectivity index (χ2v) is 9.57.